The predicted molar refractivity (Wildman–Crippen MR) is 84.2 cm³/mol. The van der Waals surface area contributed by atoms with Crippen molar-refractivity contribution < 1.29 is 0 Å². The van der Waals surface area contributed by atoms with E-state index in [1.807, 2.05) is 13.8 Å². The number of aryl methyl sites for hydroxylation is 2. The SMILES string of the molecule is Cc1ccc2c(c1)C(Nc1nc(N)nc(C(C)C)n1)CC2. The van der Waals surface area contributed by atoms with Crippen LogP contribution in [0.5, 0.6) is 0 Å². The Labute approximate surface area is 125 Å². The van der Waals surface area contributed by atoms with Crippen LogP contribution in [0.3, 0.4) is 0 Å². The van der Waals surface area contributed by atoms with Crippen molar-refractivity contribution in [3.05, 3.63) is 40.7 Å². The van der Waals surface area contributed by atoms with E-state index in [9.17, 15) is 0 Å². The number of fused-ring (bicyclic) bond motifs is 1. The van der Waals surface area contributed by atoms with Crippen molar-refractivity contribution in [3.63, 3.8) is 0 Å². The van der Waals surface area contributed by atoms with E-state index in [1.54, 1.807) is 0 Å². The summed E-state index contributed by atoms with van der Waals surface area (Å²) in [5, 5.41) is 3.42. The maximum atomic E-state index is 5.79. The second kappa shape index (κ2) is 5.31. The van der Waals surface area contributed by atoms with Crippen LogP contribution in [-0.2, 0) is 6.42 Å². The number of nitrogens with two attached hydrogens (primary N) is 1. The van der Waals surface area contributed by atoms with Crippen LogP contribution in [0, 0.1) is 6.92 Å². The van der Waals surface area contributed by atoms with Crippen LogP contribution in [0.15, 0.2) is 18.2 Å². The van der Waals surface area contributed by atoms with Crippen molar-refractivity contribution in [2.75, 3.05) is 11.1 Å². The molecule has 1 aliphatic rings. The highest BCUT2D eigenvalue weighted by Gasteiger charge is 2.23. The molecule has 1 atom stereocenters. The monoisotopic (exact) mass is 283 g/mol. The summed E-state index contributed by atoms with van der Waals surface area (Å²) in [4.78, 5) is 12.9. The molecule has 1 heterocycles. The normalized spacial score (nSPS) is 17.0. The van der Waals surface area contributed by atoms with Gasteiger partial charge in [-0.2, -0.15) is 15.0 Å². The molecule has 2 aromatic rings. The van der Waals surface area contributed by atoms with Gasteiger partial charge in [-0.25, -0.2) is 0 Å². The smallest absolute Gasteiger partial charge is 0.228 e. The van der Waals surface area contributed by atoms with Crippen LogP contribution in [0.4, 0.5) is 11.9 Å². The second-order valence-electron chi connectivity index (χ2n) is 5.97. The van der Waals surface area contributed by atoms with Gasteiger partial charge in [-0.3, -0.25) is 0 Å². The van der Waals surface area contributed by atoms with Crippen molar-refractivity contribution >= 4 is 11.9 Å². The fourth-order valence-corrected chi connectivity index (χ4v) is 2.76. The van der Waals surface area contributed by atoms with Gasteiger partial charge < -0.3 is 11.1 Å². The zero-order chi connectivity index (χ0) is 15.0. The van der Waals surface area contributed by atoms with Gasteiger partial charge in [-0.1, -0.05) is 37.6 Å². The van der Waals surface area contributed by atoms with E-state index in [1.165, 1.54) is 16.7 Å². The molecule has 5 heteroatoms. The molecule has 1 aliphatic carbocycles. The number of aromatic nitrogens is 3. The minimum absolute atomic E-state index is 0.231. The second-order valence-corrected chi connectivity index (χ2v) is 5.97. The van der Waals surface area contributed by atoms with Crippen LogP contribution in [-0.4, -0.2) is 15.0 Å². The Bertz CT molecular complexity index is 666. The quantitative estimate of drug-likeness (QED) is 0.905. The first-order valence-corrected chi connectivity index (χ1v) is 7.40. The third-order valence-electron chi connectivity index (χ3n) is 3.87. The summed E-state index contributed by atoms with van der Waals surface area (Å²) in [5.74, 6) is 1.81. The first-order chi connectivity index (χ1) is 10.0. The Morgan fingerprint density at radius 2 is 2.05 bits per heavy atom. The number of hydrogen-bond acceptors (Lipinski definition) is 5. The average Bonchev–Trinajstić information content (AvgIpc) is 2.80. The van der Waals surface area contributed by atoms with Crippen molar-refractivity contribution in [2.24, 2.45) is 0 Å². The number of anilines is 2. The van der Waals surface area contributed by atoms with Crippen LogP contribution in [0.25, 0.3) is 0 Å². The molecule has 3 N–H and O–H groups in total. The van der Waals surface area contributed by atoms with E-state index in [2.05, 4.69) is 45.4 Å². The third kappa shape index (κ3) is 2.82. The Morgan fingerprint density at radius 1 is 1.24 bits per heavy atom. The number of hydrogen-bond donors (Lipinski definition) is 2. The molecule has 110 valence electrons. The summed E-state index contributed by atoms with van der Waals surface area (Å²) in [6, 6.07) is 6.88. The molecule has 3 rings (SSSR count). The molecule has 0 amide bonds. The summed E-state index contributed by atoms with van der Waals surface area (Å²) < 4.78 is 0. The third-order valence-corrected chi connectivity index (χ3v) is 3.87. The van der Waals surface area contributed by atoms with Gasteiger partial charge in [0.15, 0.2) is 0 Å². The molecule has 0 saturated carbocycles. The summed E-state index contributed by atoms with van der Waals surface area (Å²) >= 11 is 0. The summed E-state index contributed by atoms with van der Waals surface area (Å²) in [7, 11) is 0. The van der Waals surface area contributed by atoms with Crippen molar-refractivity contribution in [3.8, 4) is 0 Å². The number of nitrogens with zero attached hydrogens (tertiary/aromatic N) is 3. The maximum Gasteiger partial charge on any atom is 0.228 e. The van der Waals surface area contributed by atoms with Crippen molar-refractivity contribution in [1.29, 1.82) is 0 Å². The molecule has 1 aromatic carbocycles. The molecule has 1 unspecified atom stereocenters. The predicted octanol–water partition coefficient (Wildman–Crippen LogP) is 2.99. The van der Waals surface area contributed by atoms with Crippen LogP contribution in [0.2, 0.25) is 0 Å². The molecule has 21 heavy (non-hydrogen) atoms. The average molecular weight is 283 g/mol. The summed E-state index contributed by atoms with van der Waals surface area (Å²) in [6.07, 6.45) is 2.15. The van der Waals surface area contributed by atoms with Gasteiger partial charge in [-0.05, 0) is 30.9 Å². The molecule has 0 bridgehead atoms. The minimum Gasteiger partial charge on any atom is -0.368 e. The lowest BCUT2D eigenvalue weighted by Gasteiger charge is -2.15. The van der Waals surface area contributed by atoms with Gasteiger partial charge in [-0.15, -0.1) is 0 Å². The van der Waals surface area contributed by atoms with E-state index in [-0.39, 0.29) is 17.9 Å². The number of nitrogen functional groups attached to an aromatic ring is 1. The molecular formula is C16H21N5. The zero-order valence-electron chi connectivity index (χ0n) is 12.7. The first kappa shape index (κ1) is 13.8. The zero-order valence-corrected chi connectivity index (χ0v) is 12.7. The lowest BCUT2D eigenvalue weighted by Crippen LogP contribution is -2.14. The van der Waals surface area contributed by atoms with Gasteiger partial charge in [0.1, 0.15) is 5.82 Å². The molecular weight excluding hydrogens is 262 g/mol. The van der Waals surface area contributed by atoms with E-state index in [0.29, 0.717) is 5.95 Å². The summed E-state index contributed by atoms with van der Waals surface area (Å²) in [5.41, 5.74) is 9.82. The molecule has 1 aromatic heterocycles. The van der Waals surface area contributed by atoms with Crippen LogP contribution in [0.1, 0.15) is 54.7 Å². The molecule has 5 nitrogen and oxygen atoms in total. The van der Waals surface area contributed by atoms with E-state index >= 15 is 0 Å². The van der Waals surface area contributed by atoms with E-state index in [0.717, 1.165) is 18.7 Å². The fourth-order valence-electron chi connectivity index (χ4n) is 2.76. The Balaban J connectivity index is 1.87. The van der Waals surface area contributed by atoms with Gasteiger partial charge >= 0.3 is 0 Å². The van der Waals surface area contributed by atoms with E-state index < -0.39 is 0 Å². The highest BCUT2D eigenvalue weighted by Crippen LogP contribution is 2.33. The van der Waals surface area contributed by atoms with E-state index in [4.69, 9.17) is 5.73 Å². The standard InChI is InChI=1S/C16H21N5/c1-9(2)14-19-15(17)21-16(20-14)18-13-7-6-11-5-4-10(3)8-12(11)13/h4-5,8-9,13H,6-7H2,1-3H3,(H3,17,18,19,20,21). The summed E-state index contributed by atoms with van der Waals surface area (Å²) in [6.45, 7) is 6.22. The number of benzene rings is 1. The number of rotatable bonds is 3. The number of nitrogens with one attached hydrogen (secondary N) is 1. The maximum absolute atomic E-state index is 5.79. The largest absolute Gasteiger partial charge is 0.368 e. The Kier molecular flexibility index (Phi) is 3.49. The van der Waals surface area contributed by atoms with Gasteiger partial charge in [0, 0.05) is 5.92 Å². The molecule has 0 radical (unpaired) electrons. The highest BCUT2D eigenvalue weighted by molar-refractivity contribution is 5.43. The highest BCUT2D eigenvalue weighted by atomic mass is 15.2. The van der Waals surface area contributed by atoms with Crippen LogP contribution >= 0.6 is 0 Å². The van der Waals surface area contributed by atoms with Gasteiger partial charge in [0.05, 0.1) is 6.04 Å². The van der Waals surface area contributed by atoms with Gasteiger partial charge in [0.25, 0.3) is 0 Å². The fraction of sp³-hybridized carbons (Fsp3) is 0.438. The Hall–Kier alpha value is -2.17. The minimum atomic E-state index is 0.231. The lowest BCUT2D eigenvalue weighted by atomic mass is 10.1. The molecule has 0 spiro atoms. The van der Waals surface area contributed by atoms with Crippen molar-refractivity contribution in [2.45, 2.75) is 45.6 Å². The molecule has 0 saturated heterocycles. The van der Waals surface area contributed by atoms with Crippen molar-refractivity contribution in [1.82, 2.24) is 15.0 Å². The first-order valence-electron chi connectivity index (χ1n) is 7.40. The Morgan fingerprint density at radius 3 is 2.81 bits per heavy atom. The molecule has 0 fully saturated rings. The van der Waals surface area contributed by atoms with Gasteiger partial charge in [0.2, 0.25) is 11.9 Å². The molecule has 0 aliphatic heterocycles. The topological polar surface area (TPSA) is 76.7 Å². The lowest BCUT2D eigenvalue weighted by molar-refractivity contribution is 0.728. The van der Waals surface area contributed by atoms with Crippen LogP contribution < -0.4 is 11.1 Å².